The molecule has 5 rings (SSSR count). The number of fused-ring (bicyclic) bond motifs is 3. The lowest BCUT2D eigenvalue weighted by Gasteiger charge is -2.01. The number of pyridine rings is 1. The Kier molecular flexibility index (Phi) is 2.05. The van der Waals surface area contributed by atoms with Crippen LogP contribution in [0.5, 0.6) is 0 Å². The van der Waals surface area contributed by atoms with Gasteiger partial charge in [0.25, 0.3) is 5.89 Å². The van der Waals surface area contributed by atoms with Gasteiger partial charge in [-0.1, -0.05) is 29.4 Å². The highest BCUT2D eigenvalue weighted by atomic mass is 16.5. The van der Waals surface area contributed by atoms with E-state index in [9.17, 15) is 0 Å². The lowest BCUT2D eigenvalue weighted by atomic mass is 10.2. The molecule has 0 atom stereocenters. The minimum Gasteiger partial charge on any atom is -0.332 e. The van der Waals surface area contributed by atoms with E-state index >= 15 is 0 Å². The summed E-state index contributed by atoms with van der Waals surface area (Å²) in [6, 6.07) is 12.4. The SMILES string of the molecule is c1ccc2c(c1)ccc1c(-c3nc(C4CC4)no3)ncn12. The van der Waals surface area contributed by atoms with Crippen molar-refractivity contribution in [2.24, 2.45) is 0 Å². The Morgan fingerprint density at radius 3 is 2.86 bits per heavy atom. The van der Waals surface area contributed by atoms with Crippen molar-refractivity contribution in [3.63, 3.8) is 0 Å². The molecule has 1 aliphatic rings. The summed E-state index contributed by atoms with van der Waals surface area (Å²) in [7, 11) is 0. The molecule has 0 spiro atoms. The molecule has 102 valence electrons. The first kappa shape index (κ1) is 11.0. The number of nitrogens with zero attached hydrogens (tertiary/aromatic N) is 4. The number of imidazole rings is 1. The third-order valence-electron chi connectivity index (χ3n) is 4.01. The van der Waals surface area contributed by atoms with E-state index in [0.717, 1.165) is 35.4 Å². The van der Waals surface area contributed by atoms with E-state index < -0.39 is 0 Å². The molecule has 0 N–H and O–H groups in total. The molecule has 0 unspecified atom stereocenters. The fraction of sp³-hybridized carbons (Fsp3) is 0.188. The van der Waals surface area contributed by atoms with E-state index in [-0.39, 0.29) is 0 Å². The third-order valence-corrected chi connectivity index (χ3v) is 4.01. The molecule has 0 aliphatic heterocycles. The molecule has 1 saturated carbocycles. The van der Waals surface area contributed by atoms with Crippen molar-refractivity contribution in [1.82, 2.24) is 19.5 Å². The van der Waals surface area contributed by atoms with Crippen LogP contribution in [0, 0.1) is 0 Å². The summed E-state index contributed by atoms with van der Waals surface area (Å²) in [6.07, 6.45) is 4.13. The quantitative estimate of drug-likeness (QED) is 0.563. The van der Waals surface area contributed by atoms with Gasteiger partial charge in [0.15, 0.2) is 11.5 Å². The molecular formula is C16H12N4O. The van der Waals surface area contributed by atoms with Gasteiger partial charge in [-0.2, -0.15) is 4.98 Å². The minimum atomic E-state index is 0.484. The maximum atomic E-state index is 5.39. The van der Waals surface area contributed by atoms with Gasteiger partial charge < -0.3 is 4.52 Å². The lowest BCUT2D eigenvalue weighted by molar-refractivity contribution is 0.422. The summed E-state index contributed by atoms with van der Waals surface area (Å²) in [4.78, 5) is 8.97. The van der Waals surface area contributed by atoms with Crippen molar-refractivity contribution in [2.75, 3.05) is 0 Å². The topological polar surface area (TPSA) is 56.2 Å². The van der Waals surface area contributed by atoms with Crippen LogP contribution in [0.15, 0.2) is 47.2 Å². The normalized spacial score (nSPS) is 15.0. The summed E-state index contributed by atoms with van der Waals surface area (Å²) in [5, 5.41) is 5.25. The van der Waals surface area contributed by atoms with Gasteiger partial charge in [0.2, 0.25) is 0 Å². The molecule has 5 heteroatoms. The van der Waals surface area contributed by atoms with Gasteiger partial charge in [-0.15, -0.1) is 0 Å². The molecule has 1 aromatic carbocycles. The second-order valence-electron chi connectivity index (χ2n) is 5.47. The van der Waals surface area contributed by atoms with Crippen LogP contribution in [0.1, 0.15) is 24.6 Å². The first-order valence-electron chi connectivity index (χ1n) is 7.09. The molecule has 5 nitrogen and oxygen atoms in total. The fourth-order valence-corrected chi connectivity index (χ4v) is 2.73. The molecule has 4 aromatic rings. The first-order valence-corrected chi connectivity index (χ1v) is 7.09. The lowest BCUT2D eigenvalue weighted by Crippen LogP contribution is -1.86. The number of rotatable bonds is 2. The molecule has 1 aliphatic carbocycles. The summed E-state index contributed by atoms with van der Waals surface area (Å²) >= 11 is 0. The Balaban J connectivity index is 1.74. The van der Waals surface area contributed by atoms with Gasteiger partial charge in [0.1, 0.15) is 6.33 Å². The number of para-hydroxylation sites is 1. The Labute approximate surface area is 120 Å². The van der Waals surface area contributed by atoms with Crippen LogP contribution < -0.4 is 0 Å². The average Bonchev–Trinajstić information content (AvgIpc) is 3.11. The standard InChI is InChI=1S/C16H12N4O/c1-2-4-12-10(3-1)7-8-13-14(17-9-20(12)13)16-18-15(19-21-16)11-5-6-11/h1-4,7-9,11H,5-6H2. The molecule has 1 fully saturated rings. The maximum absolute atomic E-state index is 5.39. The van der Waals surface area contributed by atoms with Crippen LogP contribution in [0.2, 0.25) is 0 Å². The zero-order valence-electron chi connectivity index (χ0n) is 11.2. The smallest absolute Gasteiger partial charge is 0.278 e. The summed E-state index contributed by atoms with van der Waals surface area (Å²) < 4.78 is 7.45. The summed E-state index contributed by atoms with van der Waals surface area (Å²) in [5.41, 5.74) is 2.86. The molecule has 3 aromatic heterocycles. The largest absolute Gasteiger partial charge is 0.332 e. The van der Waals surface area contributed by atoms with Crippen LogP contribution in [0.25, 0.3) is 28.0 Å². The van der Waals surface area contributed by atoms with E-state index in [2.05, 4.69) is 37.7 Å². The van der Waals surface area contributed by atoms with Gasteiger partial charge in [-0.25, -0.2) is 4.98 Å². The van der Waals surface area contributed by atoms with E-state index in [1.165, 1.54) is 5.39 Å². The number of hydrogen-bond acceptors (Lipinski definition) is 4. The van der Waals surface area contributed by atoms with Crippen molar-refractivity contribution in [3.05, 3.63) is 48.5 Å². The molecule has 3 heterocycles. The van der Waals surface area contributed by atoms with E-state index in [0.29, 0.717) is 11.8 Å². The van der Waals surface area contributed by atoms with E-state index in [1.54, 1.807) is 0 Å². The Bertz CT molecular complexity index is 965. The molecule has 21 heavy (non-hydrogen) atoms. The molecule has 0 bridgehead atoms. The Hall–Kier alpha value is -2.69. The second-order valence-corrected chi connectivity index (χ2v) is 5.47. The monoisotopic (exact) mass is 276 g/mol. The number of benzene rings is 1. The van der Waals surface area contributed by atoms with E-state index in [1.807, 2.05) is 24.5 Å². The molecule has 0 amide bonds. The van der Waals surface area contributed by atoms with Gasteiger partial charge in [-0.05, 0) is 30.4 Å². The summed E-state index contributed by atoms with van der Waals surface area (Å²) in [6.45, 7) is 0. The molecular weight excluding hydrogens is 264 g/mol. The van der Waals surface area contributed by atoms with Crippen molar-refractivity contribution in [1.29, 1.82) is 0 Å². The van der Waals surface area contributed by atoms with Crippen molar-refractivity contribution in [2.45, 2.75) is 18.8 Å². The van der Waals surface area contributed by atoms with Gasteiger partial charge >= 0.3 is 0 Å². The highest BCUT2D eigenvalue weighted by Gasteiger charge is 2.29. The maximum Gasteiger partial charge on any atom is 0.278 e. The van der Waals surface area contributed by atoms with Gasteiger partial charge in [0.05, 0.1) is 11.0 Å². The second kappa shape index (κ2) is 3.91. The third kappa shape index (κ3) is 1.60. The van der Waals surface area contributed by atoms with Crippen LogP contribution in [-0.2, 0) is 0 Å². The summed E-state index contributed by atoms with van der Waals surface area (Å²) in [5.74, 6) is 1.80. The minimum absolute atomic E-state index is 0.484. The van der Waals surface area contributed by atoms with Crippen LogP contribution in [0.3, 0.4) is 0 Å². The predicted molar refractivity (Wildman–Crippen MR) is 78.0 cm³/mol. The highest BCUT2D eigenvalue weighted by molar-refractivity contribution is 5.86. The Morgan fingerprint density at radius 1 is 1.05 bits per heavy atom. The number of hydrogen-bond donors (Lipinski definition) is 0. The Morgan fingerprint density at radius 2 is 1.95 bits per heavy atom. The van der Waals surface area contributed by atoms with Crippen LogP contribution >= 0.6 is 0 Å². The van der Waals surface area contributed by atoms with Crippen LogP contribution in [-0.4, -0.2) is 19.5 Å². The predicted octanol–water partition coefficient (Wildman–Crippen LogP) is 3.41. The zero-order valence-corrected chi connectivity index (χ0v) is 11.2. The van der Waals surface area contributed by atoms with Crippen LogP contribution in [0.4, 0.5) is 0 Å². The van der Waals surface area contributed by atoms with E-state index in [4.69, 9.17) is 4.52 Å². The van der Waals surface area contributed by atoms with Gasteiger partial charge in [0, 0.05) is 5.92 Å². The zero-order chi connectivity index (χ0) is 13.8. The number of aromatic nitrogens is 4. The fourth-order valence-electron chi connectivity index (χ4n) is 2.73. The molecule has 0 saturated heterocycles. The highest BCUT2D eigenvalue weighted by Crippen LogP contribution is 2.39. The average molecular weight is 276 g/mol. The van der Waals surface area contributed by atoms with Gasteiger partial charge in [-0.3, -0.25) is 4.40 Å². The van der Waals surface area contributed by atoms with Crippen molar-refractivity contribution >= 4 is 16.4 Å². The van der Waals surface area contributed by atoms with Crippen molar-refractivity contribution in [3.8, 4) is 11.6 Å². The van der Waals surface area contributed by atoms with Crippen molar-refractivity contribution < 1.29 is 4.52 Å². The first-order chi connectivity index (χ1) is 10.4. The molecule has 0 radical (unpaired) electrons.